The minimum absolute atomic E-state index is 0.743. The average molecular weight is 250 g/mol. The minimum Gasteiger partial charge on any atom is -0.271 e. The predicted molar refractivity (Wildman–Crippen MR) is 82.2 cm³/mol. The monoisotopic (exact) mass is 250 g/mol. The molecule has 0 amide bonds. The molecule has 0 atom stereocenters. The van der Waals surface area contributed by atoms with Crippen LogP contribution in [0.3, 0.4) is 0 Å². The van der Waals surface area contributed by atoms with Crippen molar-refractivity contribution in [2.24, 2.45) is 5.84 Å². The number of nitrogens with one attached hydrogen (secondary N) is 1. The summed E-state index contributed by atoms with van der Waals surface area (Å²) in [6, 6.07) is 0. The summed E-state index contributed by atoms with van der Waals surface area (Å²) in [6.07, 6.45) is 12.6. The van der Waals surface area contributed by atoms with Gasteiger partial charge in [-0.2, -0.15) is 0 Å². The molecule has 0 aliphatic carbocycles. The van der Waals surface area contributed by atoms with Crippen LogP contribution in [0.5, 0.6) is 0 Å². The van der Waals surface area contributed by atoms with Crippen molar-refractivity contribution in [3.8, 4) is 0 Å². The van der Waals surface area contributed by atoms with Gasteiger partial charge in [0.25, 0.3) is 0 Å². The van der Waals surface area contributed by atoms with Crippen molar-refractivity contribution >= 4 is 0 Å². The molecule has 0 saturated heterocycles. The zero-order chi connectivity index (χ0) is 13.8. The molecule has 2 heteroatoms. The molecule has 2 nitrogen and oxygen atoms in total. The van der Waals surface area contributed by atoms with Crippen LogP contribution in [0.4, 0.5) is 0 Å². The van der Waals surface area contributed by atoms with E-state index in [-0.39, 0.29) is 0 Å². The molecule has 0 bridgehead atoms. The van der Waals surface area contributed by atoms with E-state index in [1.165, 1.54) is 29.6 Å². The van der Waals surface area contributed by atoms with E-state index < -0.39 is 0 Å². The summed E-state index contributed by atoms with van der Waals surface area (Å²) in [5, 5.41) is 0. The summed E-state index contributed by atoms with van der Waals surface area (Å²) in [5.41, 5.74) is 6.96. The van der Waals surface area contributed by atoms with Crippen molar-refractivity contribution in [1.82, 2.24) is 5.43 Å². The first-order valence-electron chi connectivity index (χ1n) is 7.21. The van der Waals surface area contributed by atoms with Gasteiger partial charge in [-0.05, 0) is 43.8 Å². The third-order valence-electron chi connectivity index (χ3n) is 3.09. The van der Waals surface area contributed by atoms with Gasteiger partial charge in [0, 0.05) is 6.54 Å². The maximum absolute atomic E-state index is 5.51. The van der Waals surface area contributed by atoms with Gasteiger partial charge in [0.15, 0.2) is 0 Å². The van der Waals surface area contributed by atoms with Gasteiger partial charge in [0.05, 0.1) is 0 Å². The highest BCUT2D eigenvalue weighted by atomic mass is 15.2. The van der Waals surface area contributed by atoms with E-state index in [2.05, 4.69) is 51.3 Å². The molecule has 0 aliphatic heterocycles. The maximum Gasteiger partial charge on any atom is 0.0351 e. The van der Waals surface area contributed by atoms with Crippen LogP contribution in [0.2, 0.25) is 0 Å². The zero-order valence-electron chi connectivity index (χ0n) is 12.6. The number of hydrogen-bond donors (Lipinski definition) is 2. The Morgan fingerprint density at radius 3 is 2.33 bits per heavy atom. The number of unbranched alkanes of at least 4 members (excludes halogenated alkanes) is 1. The van der Waals surface area contributed by atoms with Crippen LogP contribution < -0.4 is 11.3 Å². The molecule has 104 valence electrons. The van der Waals surface area contributed by atoms with E-state index in [1.54, 1.807) is 0 Å². The Morgan fingerprint density at radius 1 is 1.17 bits per heavy atom. The lowest BCUT2D eigenvalue weighted by atomic mass is 9.96. The maximum atomic E-state index is 5.51. The van der Waals surface area contributed by atoms with Gasteiger partial charge < -0.3 is 0 Å². The van der Waals surface area contributed by atoms with E-state index in [4.69, 9.17) is 5.84 Å². The van der Waals surface area contributed by atoms with E-state index in [0.717, 1.165) is 25.8 Å². The topological polar surface area (TPSA) is 38.0 Å². The van der Waals surface area contributed by atoms with Crippen molar-refractivity contribution in [3.05, 3.63) is 34.9 Å². The highest BCUT2D eigenvalue weighted by molar-refractivity contribution is 5.38. The van der Waals surface area contributed by atoms with Crippen LogP contribution in [-0.2, 0) is 0 Å². The molecule has 0 fully saturated rings. The van der Waals surface area contributed by atoms with Crippen LogP contribution in [0, 0.1) is 0 Å². The molecule has 18 heavy (non-hydrogen) atoms. The summed E-state index contributed by atoms with van der Waals surface area (Å²) in [7, 11) is 0. The van der Waals surface area contributed by atoms with Gasteiger partial charge in [-0.25, -0.2) is 0 Å². The lowest BCUT2D eigenvalue weighted by molar-refractivity contribution is 0.753. The summed E-state index contributed by atoms with van der Waals surface area (Å²) < 4.78 is 0. The minimum atomic E-state index is 0.743. The van der Waals surface area contributed by atoms with Crippen LogP contribution in [0.15, 0.2) is 34.9 Å². The van der Waals surface area contributed by atoms with Crippen LogP contribution in [-0.4, -0.2) is 6.54 Å². The van der Waals surface area contributed by atoms with Gasteiger partial charge in [-0.1, -0.05) is 51.0 Å². The second-order valence-corrected chi connectivity index (χ2v) is 4.51. The average Bonchev–Trinajstić information content (AvgIpc) is 2.39. The molecule has 3 N–H and O–H groups in total. The van der Waals surface area contributed by atoms with Crippen LogP contribution >= 0.6 is 0 Å². The zero-order valence-corrected chi connectivity index (χ0v) is 12.6. The van der Waals surface area contributed by atoms with Crippen molar-refractivity contribution in [2.45, 2.75) is 59.8 Å². The molecule has 0 aliphatic rings. The normalized spacial score (nSPS) is 14.2. The van der Waals surface area contributed by atoms with E-state index in [1.807, 2.05) is 0 Å². The molecule has 0 unspecified atom stereocenters. The predicted octanol–water partition coefficient (Wildman–Crippen LogP) is 4.26. The Kier molecular flexibility index (Phi) is 10.7. The summed E-state index contributed by atoms with van der Waals surface area (Å²) >= 11 is 0. The van der Waals surface area contributed by atoms with Gasteiger partial charge in [-0.3, -0.25) is 11.3 Å². The van der Waals surface area contributed by atoms with Crippen molar-refractivity contribution in [2.75, 3.05) is 6.54 Å². The number of hydrogen-bond acceptors (Lipinski definition) is 2. The molecule has 0 aromatic rings. The Hall–Kier alpha value is -0.860. The second-order valence-electron chi connectivity index (χ2n) is 4.51. The Bertz CT molecular complexity index is 298. The molecule has 0 aromatic carbocycles. The molecule has 0 spiro atoms. The summed E-state index contributed by atoms with van der Waals surface area (Å²) in [5.74, 6) is 5.51. The van der Waals surface area contributed by atoms with Crippen LogP contribution in [0.1, 0.15) is 59.8 Å². The largest absolute Gasteiger partial charge is 0.271 e. The second kappa shape index (κ2) is 11.2. The Labute approximate surface area is 113 Å². The fourth-order valence-corrected chi connectivity index (χ4v) is 1.99. The van der Waals surface area contributed by atoms with Gasteiger partial charge in [-0.15, -0.1) is 0 Å². The van der Waals surface area contributed by atoms with Crippen molar-refractivity contribution < 1.29 is 0 Å². The van der Waals surface area contributed by atoms with E-state index in [9.17, 15) is 0 Å². The van der Waals surface area contributed by atoms with Gasteiger partial charge >= 0.3 is 0 Å². The highest BCUT2D eigenvalue weighted by Crippen LogP contribution is 2.20. The molecule has 0 saturated carbocycles. The lowest BCUT2D eigenvalue weighted by Gasteiger charge is -2.13. The molecule has 0 heterocycles. The molecular formula is C16H30N2. The van der Waals surface area contributed by atoms with Gasteiger partial charge in [0.2, 0.25) is 0 Å². The molecule has 0 rings (SSSR count). The summed E-state index contributed by atoms with van der Waals surface area (Å²) in [6.45, 7) is 9.45. The third-order valence-corrected chi connectivity index (χ3v) is 3.09. The number of rotatable bonds is 9. The molecule has 0 aromatic heterocycles. The summed E-state index contributed by atoms with van der Waals surface area (Å²) in [4.78, 5) is 0. The first-order valence-corrected chi connectivity index (χ1v) is 7.21. The quantitative estimate of drug-likeness (QED) is 0.364. The fourth-order valence-electron chi connectivity index (χ4n) is 1.99. The van der Waals surface area contributed by atoms with Crippen LogP contribution in [0.25, 0.3) is 0 Å². The fraction of sp³-hybridized carbons (Fsp3) is 0.625. The van der Waals surface area contributed by atoms with E-state index >= 15 is 0 Å². The first-order chi connectivity index (χ1) is 8.73. The van der Waals surface area contributed by atoms with Crippen molar-refractivity contribution in [3.63, 3.8) is 0 Å². The number of nitrogens with two attached hydrogens (primary N) is 1. The van der Waals surface area contributed by atoms with Crippen molar-refractivity contribution in [1.29, 1.82) is 0 Å². The lowest BCUT2D eigenvalue weighted by Crippen LogP contribution is -2.25. The Morgan fingerprint density at radius 2 is 1.89 bits per heavy atom. The third kappa shape index (κ3) is 6.77. The standard InChI is InChI=1S/C16H30N2/c1-5-9-11-15(10-6-2)16(13-18-17)12-14(7-3)8-4/h7,10,12,18H,5-6,8-9,11,13,17H2,1-4H3/b14-7-,15-10-,16-12-. The molecular weight excluding hydrogens is 220 g/mol. The molecule has 0 radical (unpaired) electrons. The highest BCUT2D eigenvalue weighted by Gasteiger charge is 2.05. The van der Waals surface area contributed by atoms with Gasteiger partial charge in [0.1, 0.15) is 0 Å². The first kappa shape index (κ1) is 17.1. The van der Waals surface area contributed by atoms with E-state index in [0.29, 0.717) is 0 Å². The Balaban J connectivity index is 5.07. The SMILES string of the molecule is C\C=C(/C=C(CNN)\C(=C/CC)CCCC)CC. The smallest absolute Gasteiger partial charge is 0.0351 e. The number of hydrazine groups is 1. The number of allylic oxidation sites excluding steroid dienone is 4.